The zero-order valence-electron chi connectivity index (χ0n) is 5.58. The maximum Gasteiger partial charge on any atom is 0.268 e. The summed E-state index contributed by atoms with van der Waals surface area (Å²) in [6, 6.07) is 0. The lowest BCUT2D eigenvalue weighted by molar-refractivity contribution is 0.485. The van der Waals surface area contributed by atoms with Gasteiger partial charge in [0.25, 0.3) is 10.1 Å². The molecular formula is C6H10O3S. The molecule has 0 radical (unpaired) electrons. The molecule has 0 aliphatic heterocycles. The second-order valence-corrected chi connectivity index (χ2v) is 3.42. The molecule has 0 aromatic heterocycles. The van der Waals surface area contributed by atoms with Crippen LogP contribution in [0, 0.1) is 0 Å². The van der Waals surface area contributed by atoms with Gasteiger partial charge in [0.05, 0.1) is 5.75 Å². The van der Waals surface area contributed by atoms with Gasteiger partial charge < -0.3 is 0 Å². The minimum Gasteiger partial charge on any atom is -0.285 e. The Kier molecular flexibility index (Phi) is 3.32. The fraction of sp³-hybridized carbons (Fsp3) is 0.333. The normalized spacial score (nSPS) is 10.9. The van der Waals surface area contributed by atoms with Gasteiger partial charge in [0.1, 0.15) is 0 Å². The van der Waals surface area contributed by atoms with Gasteiger partial charge in [-0.25, -0.2) is 0 Å². The Morgan fingerprint density at radius 3 is 2.40 bits per heavy atom. The molecule has 58 valence electrons. The molecule has 0 amide bonds. The van der Waals surface area contributed by atoms with Crippen LogP contribution in [0.2, 0.25) is 0 Å². The van der Waals surface area contributed by atoms with Crippen LogP contribution in [-0.2, 0) is 10.1 Å². The molecule has 0 unspecified atom stereocenters. The lowest BCUT2D eigenvalue weighted by Crippen LogP contribution is -2.05. The summed E-state index contributed by atoms with van der Waals surface area (Å²) in [6.45, 7) is 6.81. The summed E-state index contributed by atoms with van der Waals surface area (Å²) in [5.74, 6) is -0.376. The minimum absolute atomic E-state index is 0.376. The van der Waals surface area contributed by atoms with Crippen LogP contribution in [0.15, 0.2) is 24.8 Å². The van der Waals surface area contributed by atoms with Crippen molar-refractivity contribution in [3.8, 4) is 0 Å². The van der Waals surface area contributed by atoms with E-state index in [1.54, 1.807) is 0 Å². The summed E-state index contributed by atoms with van der Waals surface area (Å²) in [4.78, 5) is 0. The molecule has 0 aliphatic rings. The van der Waals surface area contributed by atoms with E-state index in [1.807, 2.05) is 0 Å². The summed E-state index contributed by atoms with van der Waals surface area (Å²) in [5.41, 5.74) is 0.442. The van der Waals surface area contributed by atoms with Crippen molar-refractivity contribution in [1.82, 2.24) is 0 Å². The van der Waals surface area contributed by atoms with Crippen LogP contribution in [0.1, 0.15) is 6.42 Å². The molecule has 0 aromatic carbocycles. The summed E-state index contributed by atoms with van der Waals surface area (Å²) < 4.78 is 28.6. The van der Waals surface area contributed by atoms with Gasteiger partial charge in [-0.2, -0.15) is 8.42 Å². The van der Waals surface area contributed by atoms with E-state index in [9.17, 15) is 8.42 Å². The van der Waals surface area contributed by atoms with Crippen molar-refractivity contribution in [3.63, 3.8) is 0 Å². The van der Waals surface area contributed by atoms with Gasteiger partial charge in [0.2, 0.25) is 0 Å². The third kappa shape index (κ3) is 5.53. The molecule has 0 bridgehead atoms. The minimum atomic E-state index is -3.89. The number of hydrogen-bond donors (Lipinski definition) is 1. The highest BCUT2D eigenvalue weighted by Crippen LogP contribution is 2.00. The average Bonchev–Trinajstić information content (AvgIpc) is 1.59. The lowest BCUT2D eigenvalue weighted by atomic mass is 10.2. The van der Waals surface area contributed by atoms with Crippen molar-refractivity contribution in [2.24, 2.45) is 0 Å². The largest absolute Gasteiger partial charge is 0.285 e. The second kappa shape index (κ2) is 3.53. The first-order valence-corrected chi connectivity index (χ1v) is 4.29. The SMILES string of the molecule is C=CCC(=C)CS(=O)(=O)O. The Balaban J connectivity index is 3.93. The van der Waals surface area contributed by atoms with Gasteiger partial charge in [-0.1, -0.05) is 18.2 Å². The molecule has 0 fully saturated rings. The first-order valence-electron chi connectivity index (χ1n) is 2.68. The number of allylic oxidation sites excluding steroid dienone is 1. The van der Waals surface area contributed by atoms with Crippen molar-refractivity contribution >= 4 is 10.1 Å². The molecule has 0 saturated heterocycles. The summed E-state index contributed by atoms with van der Waals surface area (Å²) in [6.07, 6.45) is 1.95. The number of hydrogen-bond acceptors (Lipinski definition) is 2. The smallest absolute Gasteiger partial charge is 0.268 e. The molecule has 0 aromatic rings. The van der Waals surface area contributed by atoms with Gasteiger partial charge in [-0.3, -0.25) is 4.55 Å². The highest BCUT2D eigenvalue weighted by Gasteiger charge is 2.04. The highest BCUT2D eigenvalue weighted by atomic mass is 32.2. The fourth-order valence-electron chi connectivity index (χ4n) is 0.521. The third-order valence-electron chi connectivity index (χ3n) is 0.820. The van der Waals surface area contributed by atoms with E-state index in [0.717, 1.165) is 0 Å². The topological polar surface area (TPSA) is 54.4 Å². The Morgan fingerprint density at radius 1 is 1.60 bits per heavy atom. The zero-order valence-corrected chi connectivity index (χ0v) is 6.39. The quantitative estimate of drug-likeness (QED) is 0.495. The molecule has 0 spiro atoms. The first kappa shape index (κ1) is 9.39. The van der Waals surface area contributed by atoms with Crippen LogP contribution in [0.25, 0.3) is 0 Å². The van der Waals surface area contributed by atoms with Gasteiger partial charge in [0, 0.05) is 0 Å². The van der Waals surface area contributed by atoms with Crippen molar-refractivity contribution < 1.29 is 13.0 Å². The van der Waals surface area contributed by atoms with Gasteiger partial charge in [-0.15, -0.1) is 6.58 Å². The average molecular weight is 162 g/mol. The predicted molar refractivity (Wildman–Crippen MR) is 40.4 cm³/mol. The molecule has 0 saturated carbocycles. The molecule has 4 heteroatoms. The number of rotatable bonds is 4. The fourth-order valence-corrected chi connectivity index (χ4v) is 1.15. The van der Waals surface area contributed by atoms with E-state index < -0.39 is 10.1 Å². The molecule has 1 N–H and O–H groups in total. The monoisotopic (exact) mass is 162 g/mol. The van der Waals surface area contributed by atoms with Crippen LogP contribution >= 0.6 is 0 Å². The third-order valence-corrected chi connectivity index (χ3v) is 1.59. The van der Waals surface area contributed by atoms with Crippen LogP contribution in [-0.4, -0.2) is 18.7 Å². The molecule has 0 heterocycles. The van der Waals surface area contributed by atoms with E-state index >= 15 is 0 Å². The van der Waals surface area contributed by atoms with Gasteiger partial charge in [-0.05, 0) is 6.42 Å². The summed E-state index contributed by atoms with van der Waals surface area (Å²) >= 11 is 0. The van der Waals surface area contributed by atoms with Crippen molar-refractivity contribution in [3.05, 3.63) is 24.8 Å². The van der Waals surface area contributed by atoms with Gasteiger partial charge in [0.15, 0.2) is 0 Å². The Labute approximate surface area is 60.8 Å². The molecule has 0 aliphatic carbocycles. The van der Waals surface area contributed by atoms with E-state index in [4.69, 9.17) is 4.55 Å². The molecule has 10 heavy (non-hydrogen) atoms. The van der Waals surface area contributed by atoms with E-state index in [2.05, 4.69) is 13.2 Å². The van der Waals surface area contributed by atoms with E-state index in [0.29, 0.717) is 12.0 Å². The molecular weight excluding hydrogens is 152 g/mol. The van der Waals surface area contributed by atoms with Gasteiger partial charge >= 0.3 is 0 Å². The van der Waals surface area contributed by atoms with Crippen molar-refractivity contribution in [2.45, 2.75) is 6.42 Å². The Bertz CT molecular complexity index is 225. The Hall–Kier alpha value is -0.610. The maximum atomic E-state index is 10.2. The van der Waals surface area contributed by atoms with Crippen molar-refractivity contribution in [2.75, 3.05) is 5.75 Å². The summed E-state index contributed by atoms with van der Waals surface area (Å²) in [5, 5.41) is 0. The van der Waals surface area contributed by atoms with E-state index in [-0.39, 0.29) is 5.75 Å². The maximum absolute atomic E-state index is 10.2. The molecule has 3 nitrogen and oxygen atoms in total. The van der Waals surface area contributed by atoms with Crippen LogP contribution in [0.4, 0.5) is 0 Å². The first-order chi connectivity index (χ1) is 4.45. The van der Waals surface area contributed by atoms with Crippen LogP contribution in [0.5, 0.6) is 0 Å². The zero-order chi connectivity index (χ0) is 8.20. The Morgan fingerprint density at radius 2 is 2.10 bits per heavy atom. The van der Waals surface area contributed by atoms with E-state index in [1.165, 1.54) is 6.08 Å². The standard InChI is InChI=1S/C6H10O3S/c1-3-4-6(2)5-10(7,8)9/h3H,1-2,4-5H2,(H,7,8,9). The predicted octanol–water partition coefficient (Wildman–Crippen LogP) is 1.01. The highest BCUT2D eigenvalue weighted by molar-refractivity contribution is 7.85. The second-order valence-electron chi connectivity index (χ2n) is 1.97. The van der Waals surface area contributed by atoms with Crippen LogP contribution in [0.3, 0.4) is 0 Å². The molecule has 0 atom stereocenters. The van der Waals surface area contributed by atoms with Crippen molar-refractivity contribution in [1.29, 1.82) is 0 Å². The lowest BCUT2D eigenvalue weighted by Gasteiger charge is -1.96. The van der Waals surface area contributed by atoms with Crippen LogP contribution < -0.4 is 0 Å². The summed E-state index contributed by atoms with van der Waals surface area (Å²) in [7, 11) is -3.89. The molecule has 0 rings (SSSR count).